The van der Waals surface area contributed by atoms with Gasteiger partial charge in [0.05, 0.1) is 66.4 Å². The van der Waals surface area contributed by atoms with Crippen LogP contribution >= 0.6 is 15.4 Å². The molecule has 0 saturated heterocycles. The Morgan fingerprint density at radius 3 is 0.887 bits per heavy atom. The number of nitrogen functional groups attached to an aromatic ring is 1. The molecule has 26 N–H and O–H groups in total. The molecule has 36 nitrogen and oxygen atoms in total. The van der Waals surface area contributed by atoms with Gasteiger partial charge in [-0.1, -0.05) is 210 Å². The first-order chi connectivity index (χ1) is 66.2. The minimum Gasteiger partial charge on any atom is -0.423 e. The van der Waals surface area contributed by atoms with E-state index in [0.717, 1.165) is 128 Å². The van der Waals surface area contributed by atoms with Crippen molar-refractivity contribution in [2.75, 3.05) is 95.8 Å². The van der Waals surface area contributed by atoms with Crippen LogP contribution in [0.2, 0.25) is 0 Å². The van der Waals surface area contributed by atoms with Crippen molar-refractivity contribution in [1.29, 1.82) is 5.41 Å². The van der Waals surface area contributed by atoms with Gasteiger partial charge in [0.1, 0.15) is 57.8 Å². The highest BCUT2D eigenvalue weighted by Crippen LogP contribution is 2.39. The summed E-state index contributed by atoms with van der Waals surface area (Å²) in [6.45, 7) is 29.3. The minimum absolute atomic E-state index is 0. The summed E-state index contributed by atoms with van der Waals surface area (Å²) in [6, 6.07) is 34.9. The fourth-order valence-corrected chi connectivity index (χ4v) is 14.1. The van der Waals surface area contributed by atoms with E-state index in [-0.39, 0.29) is 184 Å². The fraction of sp³-hybridized carbons (Fsp3) is 0.607. The number of urea groups is 1. The maximum absolute atomic E-state index is 11.3. The van der Waals surface area contributed by atoms with Crippen molar-refractivity contribution < 1.29 is 110 Å². The van der Waals surface area contributed by atoms with Gasteiger partial charge in [-0.05, 0) is 291 Å². The van der Waals surface area contributed by atoms with Crippen molar-refractivity contribution in [1.82, 2.24) is 70.0 Å². The standard InChI is InChI=1S/C14H20N2O.C12H18NO4P.C11H16BNO3.C11H23N3O.C11H16N2O.C11H24N2O.C11H16NO5P.C10H21NO.C8H17N3O2.8CH4.2F2.H3N/c1-10(15)8-12-4-6-13(7-5-12)9-14(16-3)11(2)17;1-9(14)12(13-2)7-10-3-5-11(6-4-10)8-18(15,16)17;1-8(14)11(13-2)7-9-3-5-10(6-4-9)12(15)16;1-5-11(13-4)14-8-6-7-10(12-3)9(2)15;1-8(14)11(13-2)7-9-3-5-10(12)6-4-9;1-9(2)13-8-6-5-7-11(12-4)10(3)14;1-8(13)11(12-2)7-9-3-5-10(6-4-9)17-18(14,15)16;1-8(2)6-5-7-10(11-4)9(3)12;1-6(12)7(10-2)4-3-5-11-8(9)13;;;;;;;;;2*1-2;/h4-7,14-16H,8-9H2,1-3H3;3-6,12-13H,7-8H2,1-2H3,(H2,15,16,17);3-6,11,13,15-16H,7H2,1-2H3;10,12H,5-8H2,1-4H3,(H,13,14);3-6,11,13H,7,12H2,1-2H3;9,11-13H,5-8H2,1-4H3;3-6,11-12H,7H2,1-2H3,(H2,14,15,16);8,10-11H,5-7H2,1-4H3;7,10H,3-5H2,1-2H3,(H3,9,11,13);8*1H4;;;1H3/t14-;12-;11-;10-;3*11-;10-;7-;;;;;;;;;;;/m000000000.........../s1. The highest BCUT2D eigenvalue weighted by Gasteiger charge is 2.22. The first kappa shape index (κ1) is 174. The molecule has 2 amide bonds. The van der Waals surface area contributed by atoms with E-state index in [9.17, 15) is 57.1 Å². The number of amides is 2. The summed E-state index contributed by atoms with van der Waals surface area (Å²) in [7, 11) is 7.86. The highest BCUT2D eigenvalue weighted by molar-refractivity contribution is 7.50. The van der Waals surface area contributed by atoms with Crippen LogP contribution in [0, 0.1) is 11.3 Å². The first-order valence-electron chi connectivity index (χ1n) is 46.9. The number of hydrogen-bond acceptors (Lipinski definition) is 29. The average molecular weight is 2180 g/mol. The van der Waals surface area contributed by atoms with Gasteiger partial charge in [-0.15, -0.1) is 0 Å². The maximum Gasteiger partial charge on any atom is 0.524 e. The first-order valence-corrected chi connectivity index (χ1v) is 50.3. The number of phosphoric acid groups is 1. The number of rotatable bonds is 54. The molecule has 0 aliphatic carbocycles. The monoisotopic (exact) mass is 2180 g/mol. The van der Waals surface area contributed by atoms with Crippen LogP contribution < -0.4 is 91.4 Å². The number of benzene rings is 5. The predicted octanol–water partition coefficient (Wildman–Crippen LogP) is 14.9. The second-order valence-corrected chi connectivity index (χ2v) is 36.8. The van der Waals surface area contributed by atoms with Gasteiger partial charge in [-0.2, -0.15) is 0 Å². The summed E-state index contributed by atoms with van der Waals surface area (Å²) < 4.78 is 57.9. The molecule has 0 spiro atoms. The van der Waals surface area contributed by atoms with Crippen LogP contribution in [-0.2, 0) is 97.0 Å². The number of nitrogens with two attached hydrogens (primary N) is 2. The molecular weight excluding hydrogens is 1980 g/mol. The van der Waals surface area contributed by atoms with Crippen molar-refractivity contribution in [2.45, 2.75) is 339 Å². The van der Waals surface area contributed by atoms with Gasteiger partial charge in [-0.25, -0.2) is 9.36 Å². The number of nitrogens with one attached hydrogen (secondary N) is 13. The van der Waals surface area contributed by atoms with E-state index in [4.69, 9.17) is 64.8 Å². The van der Waals surface area contributed by atoms with E-state index in [2.05, 4.69) is 108 Å². The number of likely N-dealkylation sites (N-methyl/N-ethyl adjacent to an activating group) is 9. The number of halogens is 4. The van der Waals surface area contributed by atoms with Crippen LogP contribution in [0.5, 0.6) is 5.75 Å². The van der Waals surface area contributed by atoms with Crippen LogP contribution in [0.15, 0.2) is 126 Å². The molecule has 0 unspecified atom stereocenters. The molecule has 5 aromatic carbocycles. The van der Waals surface area contributed by atoms with E-state index in [1.165, 1.54) is 32.4 Å². The van der Waals surface area contributed by atoms with Crippen molar-refractivity contribution in [3.05, 3.63) is 160 Å². The Morgan fingerprint density at radius 2 is 0.647 bits per heavy atom. The van der Waals surface area contributed by atoms with Gasteiger partial charge >= 0.3 is 28.6 Å². The van der Waals surface area contributed by atoms with Crippen LogP contribution in [0.25, 0.3) is 0 Å². The third-order valence-corrected chi connectivity index (χ3v) is 22.6. The Bertz CT molecular complexity index is 4280. The van der Waals surface area contributed by atoms with Crippen molar-refractivity contribution in [3.63, 3.8) is 0 Å². The summed E-state index contributed by atoms with van der Waals surface area (Å²) in [4.78, 5) is 150. The molecule has 0 aliphatic rings. The molecule has 150 heavy (non-hydrogen) atoms. The predicted molar refractivity (Wildman–Crippen MR) is 619 cm³/mol. The molecule has 0 aliphatic heterocycles. The lowest BCUT2D eigenvalue weighted by Crippen LogP contribution is -2.34. The number of amidine groups is 1. The molecule has 0 bridgehead atoms. The molecule has 43 heteroatoms. The zero-order valence-electron chi connectivity index (χ0n) is 88.5. The topological polar surface area (TPSA) is 603 Å². The van der Waals surface area contributed by atoms with Crippen molar-refractivity contribution in [3.8, 4) is 5.75 Å². The van der Waals surface area contributed by atoms with Crippen LogP contribution in [0.3, 0.4) is 0 Å². The lowest BCUT2D eigenvalue weighted by atomic mass is 9.80. The quantitative estimate of drug-likeness (QED) is 0.00327. The van der Waals surface area contributed by atoms with E-state index in [0.29, 0.717) is 67.8 Å². The normalized spacial score (nSPS) is 11.8. The van der Waals surface area contributed by atoms with Crippen LogP contribution in [0.4, 0.5) is 28.8 Å². The smallest absolute Gasteiger partial charge is 0.423 e. The number of phosphoric ester groups is 1. The van der Waals surface area contributed by atoms with Gasteiger partial charge in [0.15, 0.2) is 0 Å². The second-order valence-electron chi connectivity index (χ2n) is 34.0. The summed E-state index contributed by atoms with van der Waals surface area (Å²) in [5.41, 5.74) is 19.1. The number of aliphatic imine (C=N–C) groups is 1. The Hall–Kier alpha value is -9.30. The third kappa shape index (κ3) is 97.0. The number of primary amides is 1. The molecule has 0 aromatic heterocycles. The number of hydrogen-bond donors (Lipinski definition) is 22. The molecule has 874 valence electrons. The largest absolute Gasteiger partial charge is 0.524 e. The lowest BCUT2D eigenvalue weighted by Gasteiger charge is -2.13. The SMILES string of the molecule is C.C.C.C.C.C.C.C.CCC(=NC)NCCC[C@H](NC)C(C)=O.CN[C@@H](CCCC(C)C)C(C)=O.CN[C@@H](CCCCNC(C)C)C(C)=O.CN[C@@H](CCCNC(N)=O)C(C)=O.CN[C@@H](Cc1ccc(B(O)O)cc1)C(C)=O.CN[C@@H](Cc1ccc(CC(C)=N)cc1)C(C)=O.CN[C@@H](Cc1ccc(CP(=O)(O)O)cc1)C(C)=O.CN[C@@H](Cc1ccc(N)cc1)C(C)=O.CN[C@@H](Cc1ccc(OP(=O)(O)O)cc1)C(C)=O.FF.FF.N. The maximum atomic E-state index is 11.3. The summed E-state index contributed by atoms with van der Waals surface area (Å²) in [5.74, 6) is 3.18. The Kier molecular flexibility index (Phi) is 122. The number of ketones is 9. The lowest BCUT2D eigenvalue weighted by molar-refractivity contribution is -0.119. The molecule has 0 saturated carbocycles. The summed E-state index contributed by atoms with van der Waals surface area (Å²) in [5, 5.41) is 61.1. The van der Waals surface area contributed by atoms with Gasteiger partial charge in [0, 0.05) is 68.7 Å². The zero-order valence-corrected chi connectivity index (χ0v) is 90.3. The van der Waals surface area contributed by atoms with Gasteiger partial charge in [-0.3, -0.25) is 62.5 Å². The third-order valence-electron chi connectivity index (χ3n) is 21.4. The van der Waals surface area contributed by atoms with Crippen molar-refractivity contribution >= 4 is 103 Å². The Balaban J connectivity index is -0.000000104. The van der Waals surface area contributed by atoms with Gasteiger partial charge in [0.25, 0.3) is 0 Å². The molecule has 0 radical (unpaired) electrons. The van der Waals surface area contributed by atoms with Gasteiger partial charge < -0.3 is 111 Å². The zero-order chi connectivity index (χ0) is 110. The highest BCUT2D eigenvalue weighted by atomic mass is 31.2. The van der Waals surface area contributed by atoms with E-state index in [1.807, 2.05) is 69.7 Å². The molecule has 5 aromatic rings. The van der Waals surface area contributed by atoms with E-state index < -0.39 is 28.6 Å². The molecule has 9 atom stereocenters. The number of Topliss-reactive ketones (excluding diaryl/α,β-unsaturated/α-hetero) is 9. The van der Waals surface area contributed by atoms with E-state index >= 15 is 0 Å². The summed E-state index contributed by atoms with van der Waals surface area (Å²) in [6.07, 6.45) is 14.3. The number of anilines is 1. The van der Waals surface area contributed by atoms with Crippen LogP contribution in [0.1, 0.15) is 273 Å². The van der Waals surface area contributed by atoms with Crippen LogP contribution in [-0.4, -0.2) is 257 Å². The Labute approximate surface area is 901 Å². The molecule has 0 heterocycles. The van der Waals surface area contributed by atoms with Crippen molar-refractivity contribution in [2.24, 2.45) is 16.6 Å². The van der Waals surface area contributed by atoms with Gasteiger partial charge in [0.2, 0.25) is 0 Å². The number of carbonyl (C=O) groups is 10. The molecule has 0 fully saturated rings. The molecular formula is C107H206BF4N17O19P2. The Morgan fingerprint density at radius 1 is 0.387 bits per heavy atom. The minimum atomic E-state index is -4.52. The van der Waals surface area contributed by atoms with E-state index in [1.54, 1.807) is 165 Å². The number of unbranched alkanes of at least 4 members (excludes halogenated alkanes) is 1. The number of carbonyl (C=O) groups excluding carboxylic acids is 10. The fourth-order valence-electron chi connectivity index (χ4n) is 13.1. The second kappa shape index (κ2) is 105. The molecule has 5 rings (SSSR count). The number of nitrogens with zero attached hydrogens (tertiary/aromatic N) is 1. The average Bonchev–Trinajstić information content (AvgIpc) is 0.874. The summed E-state index contributed by atoms with van der Waals surface area (Å²) >= 11 is 0.